The summed E-state index contributed by atoms with van der Waals surface area (Å²) in [4.78, 5) is 0. The lowest BCUT2D eigenvalue weighted by Crippen LogP contribution is -2.20. The molecule has 112 valence electrons. The summed E-state index contributed by atoms with van der Waals surface area (Å²) < 4.78 is 33.3. The molecule has 2 aromatic carbocycles. The molecule has 0 fully saturated rings. The van der Waals surface area contributed by atoms with Gasteiger partial charge in [-0.3, -0.25) is 0 Å². The van der Waals surface area contributed by atoms with E-state index in [1.807, 2.05) is 0 Å². The normalized spacial score (nSPS) is 12.2. The van der Waals surface area contributed by atoms with E-state index in [2.05, 4.69) is 21.2 Å². The average molecular weight is 356 g/mol. The highest BCUT2D eigenvalue weighted by atomic mass is 79.9. The number of ether oxygens (including phenoxy) is 1. The van der Waals surface area contributed by atoms with Gasteiger partial charge >= 0.3 is 0 Å². The summed E-state index contributed by atoms with van der Waals surface area (Å²) in [5, 5.41) is 3.07. The molecule has 0 aliphatic heterocycles. The Morgan fingerprint density at radius 3 is 2.48 bits per heavy atom. The minimum atomic E-state index is -0.416. The molecule has 0 aromatic heterocycles. The fraction of sp³-hybridized carbons (Fsp3) is 0.250. The Balaban J connectivity index is 2.24. The molecule has 2 aromatic rings. The monoisotopic (exact) mass is 355 g/mol. The van der Waals surface area contributed by atoms with Crippen molar-refractivity contribution in [1.29, 1.82) is 0 Å². The number of hydrogen-bond acceptors (Lipinski definition) is 2. The van der Waals surface area contributed by atoms with Gasteiger partial charge in [0.25, 0.3) is 0 Å². The highest BCUT2D eigenvalue weighted by Crippen LogP contribution is 2.25. The highest BCUT2D eigenvalue weighted by molar-refractivity contribution is 9.10. The van der Waals surface area contributed by atoms with E-state index in [1.165, 1.54) is 19.2 Å². The number of rotatable bonds is 5. The van der Waals surface area contributed by atoms with E-state index in [0.29, 0.717) is 16.5 Å². The summed E-state index contributed by atoms with van der Waals surface area (Å²) in [5.41, 5.74) is 1.33. The molecule has 0 saturated carbocycles. The molecule has 1 N–H and O–H groups in total. The smallest absolute Gasteiger partial charge is 0.165 e. The van der Waals surface area contributed by atoms with E-state index in [4.69, 9.17) is 4.74 Å². The van der Waals surface area contributed by atoms with Gasteiger partial charge in [0.15, 0.2) is 11.6 Å². The minimum absolute atomic E-state index is 0.203. The zero-order chi connectivity index (χ0) is 15.4. The molecule has 0 spiro atoms. The van der Waals surface area contributed by atoms with Crippen LogP contribution in [0.5, 0.6) is 5.75 Å². The van der Waals surface area contributed by atoms with Gasteiger partial charge in [-0.05, 0) is 43.3 Å². The molecule has 0 bridgehead atoms. The number of nitrogens with one attached hydrogen (secondary N) is 1. The molecular formula is C16H16BrF2NO. The Bertz CT molecular complexity index is 634. The van der Waals surface area contributed by atoms with Crippen LogP contribution in [0.25, 0.3) is 0 Å². The summed E-state index contributed by atoms with van der Waals surface area (Å²) in [7, 11) is 3.18. The molecule has 0 heterocycles. The van der Waals surface area contributed by atoms with Gasteiger partial charge < -0.3 is 10.1 Å². The second-order valence-corrected chi connectivity index (χ2v) is 5.60. The summed E-state index contributed by atoms with van der Waals surface area (Å²) in [6, 6.07) is 9.48. The van der Waals surface area contributed by atoms with Crippen LogP contribution in [0.3, 0.4) is 0 Å². The van der Waals surface area contributed by atoms with Crippen LogP contribution in [0.1, 0.15) is 17.2 Å². The lowest BCUT2D eigenvalue weighted by molar-refractivity contribution is 0.386. The Labute approximate surface area is 131 Å². The van der Waals surface area contributed by atoms with E-state index in [0.717, 1.165) is 5.56 Å². The minimum Gasteiger partial charge on any atom is -0.494 e. The van der Waals surface area contributed by atoms with Crippen molar-refractivity contribution in [3.05, 3.63) is 63.6 Å². The predicted molar refractivity (Wildman–Crippen MR) is 82.6 cm³/mol. The van der Waals surface area contributed by atoms with Crippen LogP contribution in [-0.4, -0.2) is 14.2 Å². The van der Waals surface area contributed by atoms with E-state index in [-0.39, 0.29) is 17.6 Å². The summed E-state index contributed by atoms with van der Waals surface area (Å²) in [6.07, 6.45) is 0.482. The number of methoxy groups -OCH3 is 1. The molecule has 0 aliphatic carbocycles. The predicted octanol–water partition coefficient (Wildman–Crippen LogP) is 4.24. The zero-order valence-electron chi connectivity index (χ0n) is 11.8. The fourth-order valence-electron chi connectivity index (χ4n) is 2.22. The van der Waals surface area contributed by atoms with Crippen molar-refractivity contribution in [3.63, 3.8) is 0 Å². The third-order valence-electron chi connectivity index (χ3n) is 3.34. The summed E-state index contributed by atoms with van der Waals surface area (Å²) in [6.45, 7) is 0. The van der Waals surface area contributed by atoms with Crippen LogP contribution in [-0.2, 0) is 6.42 Å². The lowest BCUT2D eigenvalue weighted by Gasteiger charge is -2.18. The Kier molecular flexibility index (Phi) is 5.31. The Morgan fingerprint density at radius 1 is 1.14 bits per heavy atom. The van der Waals surface area contributed by atoms with Crippen molar-refractivity contribution in [1.82, 2.24) is 5.32 Å². The second-order valence-electron chi connectivity index (χ2n) is 4.68. The van der Waals surface area contributed by atoms with Crippen molar-refractivity contribution in [2.75, 3.05) is 14.2 Å². The molecule has 0 aliphatic rings. The van der Waals surface area contributed by atoms with Crippen LogP contribution in [0.4, 0.5) is 8.78 Å². The second kappa shape index (κ2) is 7.00. The maximum absolute atomic E-state index is 14.0. The molecule has 1 atom stereocenters. The van der Waals surface area contributed by atoms with E-state index in [1.54, 1.807) is 31.3 Å². The van der Waals surface area contributed by atoms with Gasteiger partial charge in [0, 0.05) is 16.1 Å². The number of likely N-dealkylation sites (N-methyl/N-ethyl adjacent to an activating group) is 1. The van der Waals surface area contributed by atoms with E-state index < -0.39 is 5.82 Å². The van der Waals surface area contributed by atoms with Crippen molar-refractivity contribution in [2.24, 2.45) is 0 Å². The topological polar surface area (TPSA) is 21.3 Å². The van der Waals surface area contributed by atoms with Crippen molar-refractivity contribution < 1.29 is 13.5 Å². The van der Waals surface area contributed by atoms with Gasteiger partial charge in [-0.25, -0.2) is 8.78 Å². The first-order valence-corrected chi connectivity index (χ1v) is 7.29. The van der Waals surface area contributed by atoms with Crippen LogP contribution in [0.15, 0.2) is 40.9 Å². The molecule has 0 amide bonds. The Morgan fingerprint density at radius 2 is 1.90 bits per heavy atom. The average Bonchev–Trinajstić information content (AvgIpc) is 2.45. The molecular weight excluding hydrogens is 340 g/mol. The highest BCUT2D eigenvalue weighted by Gasteiger charge is 2.16. The maximum Gasteiger partial charge on any atom is 0.165 e. The number of hydrogen-bond donors (Lipinski definition) is 1. The van der Waals surface area contributed by atoms with Crippen molar-refractivity contribution in [2.45, 2.75) is 12.5 Å². The van der Waals surface area contributed by atoms with Crippen molar-refractivity contribution >= 4 is 15.9 Å². The van der Waals surface area contributed by atoms with E-state index in [9.17, 15) is 8.78 Å². The first kappa shape index (κ1) is 15.9. The van der Waals surface area contributed by atoms with Crippen molar-refractivity contribution in [3.8, 4) is 5.75 Å². The molecule has 0 radical (unpaired) electrons. The maximum atomic E-state index is 14.0. The van der Waals surface area contributed by atoms with Gasteiger partial charge in [0.2, 0.25) is 0 Å². The number of benzene rings is 2. The van der Waals surface area contributed by atoms with Gasteiger partial charge in [0.05, 0.1) is 7.11 Å². The van der Waals surface area contributed by atoms with E-state index >= 15 is 0 Å². The molecule has 5 heteroatoms. The number of halogens is 3. The fourth-order valence-corrected chi connectivity index (χ4v) is 2.56. The lowest BCUT2D eigenvalue weighted by atomic mass is 9.98. The standard InChI is InChI=1S/C16H16BrF2NO/c1-20-15(12-5-4-11(17)9-13(12)18)8-10-3-6-16(21-2)14(19)7-10/h3-7,9,15,20H,8H2,1-2H3. The van der Waals surface area contributed by atoms with Gasteiger partial charge in [-0.15, -0.1) is 0 Å². The van der Waals surface area contributed by atoms with Gasteiger partial charge in [-0.2, -0.15) is 0 Å². The molecule has 2 rings (SSSR count). The summed E-state index contributed by atoms with van der Waals surface area (Å²) >= 11 is 3.24. The SMILES string of the molecule is CNC(Cc1ccc(OC)c(F)c1)c1ccc(Br)cc1F. The molecule has 2 nitrogen and oxygen atoms in total. The van der Waals surface area contributed by atoms with Crippen LogP contribution in [0.2, 0.25) is 0 Å². The first-order valence-electron chi connectivity index (χ1n) is 6.49. The molecule has 1 unspecified atom stereocenters. The molecule has 0 saturated heterocycles. The third kappa shape index (κ3) is 3.80. The first-order chi connectivity index (χ1) is 10.0. The Hall–Kier alpha value is -1.46. The largest absolute Gasteiger partial charge is 0.494 e. The van der Waals surface area contributed by atoms with Gasteiger partial charge in [-0.1, -0.05) is 28.1 Å². The summed E-state index contributed by atoms with van der Waals surface area (Å²) in [5.74, 6) is -0.506. The van der Waals surface area contributed by atoms with Crippen LogP contribution >= 0.6 is 15.9 Å². The molecule has 21 heavy (non-hydrogen) atoms. The third-order valence-corrected chi connectivity index (χ3v) is 3.84. The van der Waals surface area contributed by atoms with Crippen LogP contribution in [0, 0.1) is 11.6 Å². The van der Waals surface area contributed by atoms with Crippen LogP contribution < -0.4 is 10.1 Å². The zero-order valence-corrected chi connectivity index (χ0v) is 13.4. The van der Waals surface area contributed by atoms with Gasteiger partial charge in [0.1, 0.15) is 5.82 Å². The quantitative estimate of drug-likeness (QED) is 0.865.